The Kier molecular flexibility index (Phi) is 6.90. The molecular weight excluding hydrogens is 466 g/mol. The highest BCUT2D eigenvalue weighted by Crippen LogP contribution is 2.26. The number of benzene rings is 2. The van der Waals surface area contributed by atoms with E-state index in [2.05, 4.69) is 9.80 Å². The molecule has 35 heavy (non-hydrogen) atoms. The summed E-state index contributed by atoms with van der Waals surface area (Å²) >= 11 is 6.12. The maximum atomic E-state index is 12.1. The lowest BCUT2D eigenvalue weighted by molar-refractivity contribution is 0.121. The SMILES string of the molecule is CCOc1ccc2oc(=O)cc(CN3CCN(Cc4nc(-c5cccc(Cl)c5)oc4C)CC3)c2c1. The van der Waals surface area contributed by atoms with Gasteiger partial charge in [0.2, 0.25) is 5.89 Å². The highest BCUT2D eigenvalue weighted by atomic mass is 35.5. The zero-order valence-electron chi connectivity index (χ0n) is 19.9. The zero-order chi connectivity index (χ0) is 24.4. The molecule has 1 saturated heterocycles. The van der Waals surface area contributed by atoms with Gasteiger partial charge < -0.3 is 13.6 Å². The van der Waals surface area contributed by atoms with Crippen LogP contribution in [-0.2, 0) is 13.1 Å². The third-order valence-electron chi connectivity index (χ3n) is 6.31. The Morgan fingerprint density at radius 3 is 2.51 bits per heavy atom. The second-order valence-electron chi connectivity index (χ2n) is 8.77. The Balaban J connectivity index is 1.24. The van der Waals surface area contributed by atoms with Gasteiger partial charge in [-0.2, -0.15) is 0 Å². The van der Waals surface area contributed by atoms with Gasteiger partial charge in [-0.1, -0.05) is 17.7 Å². The molecule has 8 heteroatoms. The Bertz CT molecular complexity index is 1390. The first-order valence-corrected chi connectivity index (χ1v) is 12.2. The van der Waals surface area contributed by atoms with Gasteiger partial charge in [0.15, 0.2) is 0 Å². The van der Waals surface area contributed by atoms with Crippen LogP contribution >= 0.6 is 11.6 Å². The summed E-state index contributed by atoms with van der Waals surface area (Å²) in [6.07, 6.45) is 0. The van der Waals surface area contributed by atoms with E-state index in [0.717, 1.165) is 66.4 Å². The van der Waals surface area contributed by atoms with Gasteiger partial charge in [0, 0.05) is 61.3 Å². The van der Waals surface area contributed by atoms with E-state index < -0.39 is 0 Å². The maximum Gasteiger partial charge on any atom is 0.336 e. The van der Waals surface area contributed by atoms with Crippen molar-refractivity contribution in [1.82, 2.24) is 14.8 Å². The molecule has 0 aliphatic carbocycles. The van der Waals surface area contributed by atoms with Crippen molar-refractivity contribution in [2.45, 2.75) is 26.9 Å². The number of aryl methyl sites for hydroxylation is 1. The first-order chi connectivity index (χ1) is 17.0. The number of fused-ring (bicyclic) bond motifs is 1. The molecule has 182 valence electrons. The molecule has 0 spiro atoms. The molecule has 5 rings (SSSR count). The van der Waals surface area contributed by atoms with E-state index in [1.807, 2.05) is 50.2 Å². The second kappa shape index (κ2) is 10.2. The van der Waals surface area contributed by atoms with Gasteiger partial charge >= 0.3 is 5.63 Å². The standard InChI is InChI=1S/C27H28ClN3O4/c1-3-33-22-7-8-25-23(15-22)20(14-26(32)35-25)16-30-9-11-31(12-10-30)17-24-18(2)34-27(29-24)19-5-4-6-21(28)13-19/h4-8,13-15H,3,9-12,16-17H2,1-2H3. The minimum Gasteiger partial charge on any atom is -0.494 e. The fraction of sp³-hybridized carbons (Fsp3) is 0.333. The van der Waals surface area contributed by atoms with Crippen LogP contribution in [0.5, 0.6) is 5.75 Å². The van der Waals surface area contributed by atoms with E-state index in [-0.39, 0.29) is 5.63 Å². The third kappa shape index (κ3) is 5.42. The fourth-order valence-corrected chi connectivity index (χ4v) is 4.66. The van der Waals surface area contributed by atoms with Crippen molar-refractivity contribution in [1.29, 1.82) is 0 Å². The van der Waals surface area contributed by atoms with Crippen molar-refractivity contribution in [3.63, 3.8) is 0 Å². The number of oxazole rings is 1. The van der Waals surface area contributed by atoms with Gasteiger partial charge in [0.05, 0.1) is 12.3 Å². The third-order valence-corrected chi connectivity index (χ3v) is 6.54. The summed E-state index contributed by atoms with van der Waals surface area (Å²) in [5.41, 5.74) is 3.05. The summed E-state index contributed by atoms with van der Waals surface area (Å²) in [5.74, 6) is 2.20. The quantitative estimate of drug-likeness (QED) is 0.330. The van der Waals surface area contributed by atoms with E-state index in [0.29, 0.717) is 29.6 Å². The van der Waals surface area contributed by atoms with Crippen LogP contribution in [0, 0.1) is 6.92 Å². The molecule has 0 N–H and O–H groups in total. The van der Waals surface area contributed by atoms with Crippen LogP contribution in [0.15, 0.2) is 62.2 Å². The topological polar surface area (TPSA) is 72.0 Å². The van der Waals surface area contributed by atoms with Crippen molar-refractivity contribution in [3.05, 3.63) is 81.0 Å². The molecule has 0 atom stereocenters. The molecule has 0 radical (unpaired) electrons. The molecule has 4 aromatic rings. The van der Waals surface area contributed by atoms with Crippen LogP contribution in [0.2, 0.25) is 5.02 Å². The molecular formula is C27H28ClN3O4. The van der Waals surface area contributed by atoms with Gasteiger partial charge in [-0.25, -0.2) is 9.78 Å². The first kappa shape index (κ1) is 23.6. The van der Waals surface area contributed by atoms with E-state index in [9.17, 15) is 4.79 Å². The van der Waals surface area contributed by atoms with Crippen molar-refractivity contribution >= 4 is 22.6 Å². The molecule has 7 nitrogen and oxygen atoms in total. The Labute approximate surface area is 208 Å². The normalized spacial score (nSPS) is 15.1. The molecule has 0 bridgehead atoms. The van der Waals surface area contributed by atoms with Crippen molar-refractivity contribution < 1.29 is 13.6 Å². The minimum atomic E-state index is -0.327. The number of halogens is 1. The molecule has 1 aliphatic heterocycles. The molecule has 0 unspecified atom stereocenters. The highest BCUT2D eigenvalue weighted by Gasteiger charge is 2.21. The molecule has 1 fully saturated rings. The number of piperazine rings is 1. The number of aromatic nitrogens is 1. The van der Waals surface area contributed by atoms with Gasteiger partial charge in [-0.15, -0.1) is 0 Å². The Hall–Kier alpha value is -3.13. The zero-order valence-corrected chi connectivity index (χ0v) is 20.7. The summed E-state index contributed by atoms with van der Waals surface area (Å²) in [7, 11) is 0. The lowest BCUT2D eigenvalue weighted by Crippen LogP contribution is -2.45. The maximum absolute atomic E-state index is 12.1. The van der Waals surface area contributed by atoms with Crippen molar-refractivity contribution in [2.75, 3.05) is 32.8 Å². The lowest BCUT2D eigenvalue weighted by atomic mass is 10.1. The number of ether oxygens (including phenoxy) is 1. The number of rotatable bonds is 7. The van der Waals surface area contributed by atoms with E-state index >= 15 is 0 Å². The van der Waals surface area contributed by atoms with Crippen LogP contribution in [0.1, 0.15) is 23.9 Å². The van der Waals surface area contributed by atoms with E-state index in [4.69, 9.17) is 30.2 Å². The van der Waals surface area contributed by atoms with Crippen molar-refractivity contribution in [3.8, 4) is 17.2 Å². The van der Waals surface area contributed by atoms with Crippen LogP contribution in [0.25, 0.3) is 22.4 Å². The predicted octanol–water partition coefficient (Wildman–Crippen LogP) is 5.13. The summed E-state index contributed by atoms with van der Waals surface area (Å²) in [4.78, 5) is 21.6. The number of hydrogen-bond acceptors (Lipinski definition) is 7. The van der Waals surface area contributed by atoms with Crippen LogP contribution in [-0.4, -0.2) is 47.6 Å². The summed E-state index contributed by atoms with van der Waals surface area (Å²) < 4.78 is 17.0. The summed E-state index contributed by atoms with van der Waals surface area (Å²) in [6, 6.07) is 14.7. The van der Waals surface area contributed by atoms with Crippen LogP contribution in [0.3, 0.4) is 0 Å². The monoisotopic (exact) mass is 493 g/mol. The average molecular weight is 494 g/mol. The van der Waals surface area contributed by atoms with Gasteiger partial charge in [-0.05, 0) is 55.8 Å². The predicted molar refractivity (Wildman–Crippen MR) is 136 cm³/mol. The minimum absolute atomic E-state index is 0.327. The van der Waals surface area contributed by atoms with E-state index in [1.54, 1.807) is 12.1 Å². The number of hydrogen-bond donors (Lipinski definition) is 0. The van der Waals surface area contributed by atoms with Crippen LogP contribution < -0.4 is 10.4 Å². The van der Waals surface area contributed by atoms with E-state index in [1.165, 1.54) is 0 Å². The molecule has 1 aliphatic rings. The first-order valence-electron chi connectivity index (χ1n) is 11.8. The highest BCUT2D eigenvalue weighted by molar-refractivity contribution is 6.30. The average Bonchev–Trinajstić information content (AvgIpc) is 3.21. The summed E-state index contributed by atoms with van der Waals surface area (Å²) in [5, 5.41) is 1.58. The smallest absolute Gasteiger partial charge is 0.336 e. The molecule has 0 saturated carbocycles. The second-order valence-corrected chi connectivity index (χ2v) is 9.20. The molecule has 0 amide bonds. The van der Waals surface area contributed by atoms with Gasteiger partial charge in [0.1, 0.15) is 17.1 Å². The molecule has 2 aromatic heterocycles. The lowest BCUT2D eigenvalue weighted by Gasteiger charge is -2.34. The largest absolute Gasteiger partial charge is 0.494 e. The van der Waals surface area contributed by atoms with Gasteiger partial charge in [0.25, 0.3) is 0 Å². The molecule has 2 aromatic carbocycles. The fourth-order valence-electron chi connectivity index (χ4n) is 4.47. The van der Waals surface area contributed by atoms with Crippen molar-refractivity contribution in [2.24, 2.45) is 0 Å². The number of nitrogens with zero attached hydrogens (tertiary/aromatic N) is 3. The summed E-state index contributed by atoms with van der Waals surface area (Å²) in [6.45, 7) is 9.52. The van der Waals surface area contributed by atoms with Gasteiger partial charge in [-0.3, -0.25) is 9.80 Å². The molecule has 3 heterocycles. The Morgan fingerprint density at radius 2 is 1.77 bits per heavy atom. The Morgan fingerprint density at radius 1 is 1.00 bits per heavy atom. The van der Waals surface area contributed by atoms with Crippen LogP contribution in [0.4, 0.5) is 0 Å².